The Hall–Kier alpha value is -0.330. The quantitative estimate of drug-likeness (QED) is 0.576. The summed E-state index contributed by atoms with van der Waals surface area (Å²) in [4.78, 5) is 12.0. The highest BCUT2D eigenvalue weighted by molar-refractivity contribution is 5.85. The van der Waals surface area contributed by atoms with Gasteiger partial charge in [-0.2, -0.15) is 0 Å². The second kappa shape index (κ2) is 3.08. The lowest BCUT2D eigenvalue weighted by Crippen LogP contribution is -2.49. The second-order valence-corrected chi connectivity index (χ2v) is 6.13. The number of rotatable bonds is 0. The highest BCUT2D eigenvalue weighted by Crippen LogP contribution is 2.55. The van der Waals surface area contributed by atoms with Crippen molar-refractivity contribution in [3.8, 4) is 0 Å². The van der Waals surface area contributed by atoms with Crippen molar-refractivity contribution in [3.05, 3.63) is 0 Å². The van der Waals surface area contributed by atoms with Crippen molar-refractivity contribution in [2.75, 3.05) is 0 Å². The standard InChI is InChI=1S/C13H22O/c1-12(2)8-5-9-13(3)10(12)6-4-7-11(13)14/h10H,4-9H2,1-3H3/t10-,13-/m0/s1. The summed E-state index contributed by atoms with van der Waals surface area (Å²) in [6, 6.07) is 0. The summed E-state index contributed by atoms with van der Waals surface area (Å²) < 4.78 is 0. The average Bonchev–Trinajstić information content (AvgIpc) is 2.08. The molecule has 0 spiro atoms. The first-order valence-electron chi connectivity index (χ1n) is 6.00. The maximum atomic E-state index is 12.0. The lowest BCUT2D eigenvalue weighted by atomic mass is 9.51. The maximum Gasteiger partial charge on any atom is 0.139 e. The minimum atomic E-state index is 0.0278. The topological polar surface area (TPSA) is 17.1 Å². The Labute approximate surface area is 87.3 Å². The van der Waals surface area contributed by atoms with Crippen LogP contribution < -0.4 is 0 Å². The summed E-state index contributed by atoms with van der Waals surface area (Å²) in [5.74, 6) is 1.19. The van der Waals surface area contributed by atoms with Gasteiger partial charge in [0, 0.05) is 11.8 Å². The van der Waals surface area contributed by atoms with Crippen molar-refractivity contribution in [3.63, 3.8) is 0 Å². The molecule has 0 N–H and O–H groups in total. The zero-order valence-corrected chi connectivity index (χ0v) is 9.73. The first-order valence-corrected chi connectivity index (χ1v) is 6.00. The summed E-state index contributed by atoms with van der Waals surface area (Å²) in [7, 11) is 0. The van der Waals surface area contributed by atoms with Gasteiger partial charge in [-0.05, 0) is 37.0 Å². The monoisotopic (exact) mass is 194 g/mol. The Kier molecular flexibility index (Phi) is 2.24. The zero-order valence-electron chi connectivity index (χ0n) is 9.73. The molecule has 0 aromatic heterocycles. The van der Waals surface area contributed by atoms with Crippen molar-refractivity contribution in [1.29, 1.82) is 0 Å². The molecule has 0 unspecified atom stereocenters. The third-order valence-corrected chi connectivity index (χ3v) is 4.76. The Balaban J connectivity index is 2.32. The van der Waals surface area contributed by atoms with Crippen LogP contribution in [-0.2, 0) is 4.79 Å². The zero-order chi connectivity index (χ0) is 10.4. The minimum absolute atomic E-state index is 0.0278. The Bertz CT molecular complexity index is 254. The molecule has 0 aromatic carbocycles. The molecule has 0 aromatic rings. The molecule has 2 aliphatic rings. The van der Waals surface area contributed by atoms with Crippen molar-refractivity contribution in [2.45, 2.75) is 59.3 Å². The van der Waals surface area contributed by atoms with Crippen LogP contribution >= 0.6 is 0 Å². The number of ketones is 1. The first kappa shape index (κ1) is 10.2. The van der Waals surface area contributed by atoms with Crippen LogP contribution in [-0.4, -0.2) is 5.78 Å². The van der Waals surface area contributed by atoms with E-state index in [1.54, 1.807) is 0 Å². The van der Waals surface area contributed by atoms with E-state index in [1.807, 2.05) is 0 Å². The molecule has 0 aliphatic heterocycles. The molecule has 2 fully saturated rings. The lowest BCUT2D eigenvalue weighted by Gasteiger charge is -2.52. The third kappa shape index (κ3) is 1.32. The van der Waals surface area contributed by atoms with Gasteiger partial charge >= 0.3 is 0 Å². The van der Waals surface area contributed by atoms with Crippen molar-refractivity contribution >= 4 is 5.78 Å². The Morgan fingerprint density at radius 1 is 1.14 bits per heavy atom. The molecule has 2 aliphatic carbocycles. The van der Waals surface area contributed by atoms with Crippen LogP contribution in [0.2, 0.25) is 0 Å². The fraction of sp³-hybridized carbons (Fsp3) is 0.923. The summed E-state index contributed by atoms with van der Waals surface area (Å²) >= 11 is 0. The molecule has 2 rings (SSSR count). The predicted molar refractivity (Wildman–Crippen MR) is 58.1 cm³/mol. The van der Waals surface area contributed by atoms with Gasteiger partial charge in [-0.1, -0.05) is 27.2 Å². The smallest absolute Gasteiger partial charge is 0.139 e. The number of fused-ring (bicyclic) bond motifs is 1. The van der Waals surface area contributed by atoms with Gasteiger partial charge < -0.3 is 0 Å². The third-order valence-electron chi connectivity index (χ3n) is 4.76. The highest BCUT2D eigenvalue weighted by atomic mass is 16.1. The molecule has 1 heteroatoms. The van der Waals surface area contributed by atoms with E-state index in [9.17, 15) is 4.79 Å². The molecule has 0 amide bonds. The molecule has 0 heterocycles. The number of hydrogen-bond donors (Lipinski definition) is 0. The van der Waals surface area contributed by atoms with Crippen molar-refractivity contribution in [2.24, 2.45) is 16.7 Å². The number of carbonyl (C=O) groups is 1. The van der Waals surface area contributed by atoms with E-state index in [2.05, 4.69) is 20.8 Å². The molecule has 80 valence electrons. The van der Waals surface area contributed by atoms with Crippen LogP contribution in [0.3, 0.4) is 0 Å². The van der Waals surface area contributed by atoms with Gasteiger partial charge in [-0.15, -0.1) is 0 Å². The summed E-state index contributed by atoms with van der Waals surface area (Å²) in [6.45, 7) is 6.93. The molecule has 0 radical (unpaired) electrons. The molecule has 0 bridgehead atoms. The van der Waals surface area contributed by atoms with Crippen molar-refractivity contribution < 1.29 is 4.79 Å². The van der Waals surface area contributed by atoms with Gasteiger partial charge in [0.15, 0.2) is 0 Å². The van der Waals surface area contributed by atoms with E-state index in [0.29, 0.717) is 17.1 Å². The number of Topliss-reactive ketones (excluding diaryl/α,β-unsaturated/α-hetero) is 1. The molecule has 2 saturated carbocycles. The van der Waals surface area contributed by atoms with E-state index in [4.69, 9.17) is 0 Å². The summed E-state index contributed by atoms with van der Waals surface area (Å²) in [5, 5.41) is 0. The number of hydrogen-bond acceptors (Lipinski definition) is 1. The summed E-state index contributed by atoms with van der Waals surface area (Å²) in [6.07, 6.45) is 6.92. The van der Waals surface area contributed by atoms with Gasteiger partial charge in [-0.3, -0.25) is 4.79 Å². The molecular weight excluding hydrogens is 172 g/mol. The molecular formula is C13H22O. The Morgan fingerprint density at radius 3 is 2.50 bits per heavy atom. The van der Waals surface area contributed by atoms with E-state index in [-0.39, 0.29) is 5.41 Å². The van der Waals surface area contributed by atoms with Crippen LogP contribution in [0.4, 0.5) is 0 Å². The molecule has 14 heavy (non-hydrogen) atoms. The molecule has 2 atom stereocenters. The first-order chi connectivity index (χ1) is 6.47. The van der Waals surface area contributed by atoms with Crippen LogP contribution in [0.1, 0.15) is 59.3 Å². The second-order valence-electron chi connectivity index (χ2n) is 6.13. The van der Waals surface area contributed by atoms with Gasteiger partial charge in [0.25, 0.3) is 0 Å². The van der Waals surface area contributed by atoms with Gasteiger partial charge in [0.05, 0.1) is 0 Å². The van der Waals surface area contributed by atoms with Crippen LogP contribution in [0.15, 0.2) is 0 Å². The van der Waals surface area contributed by atoms with Crippen molar-refractivity contribution in [1.82, 2.24) is 0 Å². The average molecular weight is 194 g/mol. The minimum Gasteiger partial charge on any atom is -0.299 e. The van der Waals surface area contributed by atoms with Crippen LogP contribution in [0.25, 0.3) is 0 Å². The van der Waals surface area contributed by atoms with Gasteiger partial charge in [-0.25, -0.2) is 0 Å². The fourth-order valence-corrected chi connectivity index (χ4v) is 3.92. The largest absolute Gasteiger partial charge is 0.299 e. The van der Waals surface area contributed by atoms with Gasteiger partial charge in [0.1, 0.15) is 5.78 Å². The normalized spacial score (nSPS) is 41.9. The van der Waals surface area contributed by atoms with E-state index in [1.165, 1.54) is 19.3 Å². The fourth-order valence-electron chi connectivity index (χ4n) is 3.92. The Morgan fingerprint density at radius 2 is 1.86 bits per heavy atom. The predicted octanol–water partition coefficient (Wildman–Crippen LogP) is 3.57. The summed E-state index contributed by atoms with van der Waals surface area (Å²) in [5.41, 5.74) is 0.420. The van der Waals surface area contributed by atoms with E-state index < -0.39 is 0 Å². The van der Waals surface area contributed by atoms with E-state index >= 15 is 0 Å². The van der Waals surface area contributed by atoms with Crippen LogP contribution in [0, 0.1) is 16.7 Å². The highest BCUT2D eigenvalue weighted by Gasteiger charge is 2.51. The van der Waals surface area contributed by atoms with Crippen LogP contribution in [0.5, 0.6) is 0 Å². The maximum absolute atomic E-state index is 12.0. The molecule has 0 saturated heterocycles. The SMILES string of the molecule is CC1(C)CCC[C@]2(C)C(=O)CCC[C@@H]12. The van der Waals surface area contributed by atoms with E-state index in [0.717, 1.165) is 19.3 Å². The molecule has 1 nitrogen and oxygen atoms in total. The number of carbonyl (C=O) groups excluding carboxylic acids is 1. The van der Waals surface area contributed by atoms with Gasteiger partial charge in [0.2, 0.25) is 0 Å². The lowest BCUT2D eigenvalue weighted by molar-refractivity contribution is -0.143.